The van der Waals surface area contributed by atoms with Crippen LogP contribution in [-0.2, 0) is 11.5 Å². The summed E-state index contributed by atoms with van der Waals surface area (Å²) in [6.45, 7) is 4.16. The highest BCUT2D eigenvalue weighted by Crippen LogP contribution is 2.34. The normalized spacial score (nSPS) is 10.6. The maximum Gasteiger partial charge on any atom is 0.336 e. The number of aromatic nitrogens is 2. The Morgan fingerprint density at radius 2 is 1.88 bits per heavy atom. The molecule has 1 aromatic heterocycles. The number of ether oxygens (including phenoxy) is 1. The van der Waals surface area contributed by atoms with E-state index < -0.39 is 5.97 Å². The van der Waals surface area contributed by atoms with Crippen molar-refractivity contribution in [2.24, 2.45) is 0 Å². The molecule has 0 aliphatic carbocycles. The molecule has 0 bridgehead atoms. The number of aromatic carboxylic acids is 1. The molecule has 0 saturated carbocycles. The van der Waals surface area contributed by atoms with Crippen molar-refractivity contribution in [2.45, 2.75) is 6.73 Å². The lowest BCUT2D eigenvalue weighted by atomic mass is 9.98. The van der Waals surface area contributed by atoms with Gasteiger partial charge in [0.25, 0.3) is 0 Å². The predicted molar refractivity (Wildman–Crippen MR) is 97.2 cm³/mol. The summed E-state index contributed by atoms with van der Waals surface area (Å²) < 4.78 is 6.99. The van der Waals surface area contributed by atoms with Crippen LogP contribution >= 0.6 is 0 Å². The second-order valence-electron chi connectivity index (χ2n) is 5.45. The third kappa shape index (κ3) is 3.09. The number of carboxylic acids is 1. The maximum atomic E-state index is 11.6. The van der Waals surface area contributed by atoms with Crippen LogP contribution in [0.3, 0.4) is 0 Å². The molecule has 1 N–H and O–H groups in total. The Morgan fingerprint density at radius 1 is 1.20 bits per heavy atom. The SMILES string of the molecule is C=Cc1c(-c2ccccc2C(=O)O)nn(COC)c1-c1ccccc1. The molecule has 0 spiro atoms. The molecule has 0 amide bonds. The van der Waals surface area contributed by atoms with Gasteiger partial charge in [-0.2, -0.15) is 5.10 Å². The fourth-order valence-corrected chi connectivity index (χ4v) is 2.86. The Hall–Kier alpha value is -3.18. The highest BCUT2D eigenvalue weighted by molar-refractivity contribution is 5.97. The number of carbonyl (C=O) groups is 1. The van der Waals surface area contributed by atoms with Gasteiger partial charge in [0, 0.05) is 23.8 Å². The molecule has 0 atom stereocenters. The van der Waals surface area contributed by atoms with Crippen LogP contribution in [0.15, 0.2) is 61.2 Å². The van der Waals surface area contributed by atoms with E-state index >= 15 is 0 Å². The molecule has 2 aromatic carbocycles. The van der Waals surface area contributed by atoms with Gasteiger partial charge in [0.15, 0.2) is 0 Å². The third-order valence-corrected chi connectivity index (χ3v) is 3.90. The van der Waals surface area contributed by atoms with E-state index in [-0.39, 0.29) is 12.3 Å². The minimum Gasteiger partial charge on any atom is -0.478 e. The van der Waals surface area contributed by atoms with Crippen LogP contribution < -0.4 is 0 Å². The lowest BCUT2D eigenvalue weighted by Gasteiger charge is -2.07. The second kappa shape index (κ2) is 7.15. The van der Waals surface area contributed by atoms with Crippen molar-refractivity contribution in [3.05, 3.63) is 72.3 Å². The second-order valence-corrected chi connectivity index (χ2v) is 5.45. The lowest BCUT2D eigenvalue weighted by molar-refractivity contribution is 0.0697. The minimum absolute atomic E-state index is 0.201. The van der Waals surface area contributed by atoms with E-state index in [1.54, 1.807) is 42.1 Å². The van der Waals surface area contributed by atoms with Gasteiger partial charge in [-0.3, -0.25) is 0 Å². The van der Waals surface area contributed by atoms with E-state index in [0.29, 0.717) is 11.3 Å². The number of benzene rings is 2. The molecule has 3 aromatic rings. The zero-order valence-electron chi connectivity index (χ0n) is 13.8. The van der Waals surface area contributed by atoms with E-state index in [1.807, 2.05) is 30.3 Å². The quantitative estimate of drug-likeness (QED) is 0.735. The monoisotopic (exact) mass is 334 g/mol. The van der Waals surface area contributed by atoms with Crippen molar-refractivity contribution in [3.8, 4) is 22.5 Å². The van der Waals surface area contributed by atoms with E-state index in [2.05, 4.69) is 11.7 Å². The summed E-state index contributed by atoms with van der Waals surface area (Å²) in [4.78, 5) is 11.6. The van der Waals surface area contributed by atoms with Crippen molar-refractivity contribution in [1.82, 2.24) is 9.78 Å². The average Bonchev–Trinajstić information content (AvgIpc) is 3.01. The summed E-state index contributed by atoms with van der Waals surface area (Å²) in [5.41, 5.74) is 3.90. The van der Waals surface area contributed by atoms with Gasteiger partial charge in [0.2, 0.25) is 0 Å². The van der Waals surface area contributed by atoms with Crippen LogP contribution in [0.25, 0.3) is 28.6 Å². The summed E-state index contributed by atoms with van der Waals surface area (Å²) >= 11 is 0. The molecular formula is C20H18N2O3. The van der Waals surface area contributed by atoms with Crippen LogP contribution in [0.4, 0.5) is 0 Å². The van der Waals surface area contributed by atoms with E-state index in [1.165, 1.54) is 0 Å². The molecular weight excluding hydrogens is 316 g/mol. The summed E-state index contributed by atoms with van der Waals surface area (Å²) in [6, 6.07) is 16.6. The molecule has 0 radical (unpaired) electrons. The molecule has 3 rings (SSSR count). The smallest absolute Gasteiger partial charge is 0.336 e. The first-order chi connectivity index (χ1) is 12.2. The van der Waals surface area contributed by atoms with Crippen molar-refractivity contribution in [2.75, 3.05) is 7.11 Å². The van der Waals surface area contributed by atoms with Gasteiger partial charge in [-0.15, -0.1) is 0 Å². The summed E-state index contributed by atoms with van der Waals surface area (Å²) in [6.07, 6.45) is 1.70. The first-order valence-corrected chi connectivity index (χ1v) is 7.77. The topological polar surface area (TPSA) is 64.3 Å². The summed E-state index contributed by atoms with van der Waals surface area (Å²) in [5, 5.41) is 14.1. The van der Waals surface area contributed by atoms with Crippen molar-refractivity contribution >= 4 is 12.0 Å². The molecule has 0 fully saturated rings. The van der Waals surface area contributed by atoms with Crippen LogP contribution in [0.5, 0.6) is 0 Å². The molecule has 1 heterocycles. The number of rotatable bonds is 6. The molecule has 0 aliphatic heterocycles. The Bertz CT molecular complexity index is 914. The fourth-order valence-electron chi connectivity index (χ4n) is 2.86. The predicted octanol–water partition coefficient (Wildman–Crippen LogP) is 4.16. The molecule has 5 heteroatoms. The van der Waals surface area contributed by atoms with Gasteiger partial charge in [0.05, 0.1) is 11.3 Å². The van der Waals surface area contributed by atoms with Crippen LogP contribution in [0.2, 0.25) is 0 Å². The van der Waals surface area contributed by atoms with Crippen LogP contribution in [-0.4, -0.2) is 28.0 Å². The van der Waals surface area contributed by atoms with E-state index in [0.717, 1.165) is 16.8 Å². The van der Waals surface area contributed by atoms with Crippen molar-refractivity contribution < 1.29 is 14.6 Å². The zero-order valence-corrected chi connectivity index (χ0v) is 13.8. The van der Waals surface area contributed by atoms with Crippen molar-refractivity contribution in [1.29, 1.82) is 0 Å². The standard InChI is InChI=1S/C20H18N2O3/c1-3-15-18(16-11-7-8-12-17(16)20(23)24)21-22(13-25-2)19(15)14-9-5-4-6-10-14/h3-12H,1,13H2,2H3,(H,23,24). The van der Waals surface area contributed by atoms with Crippen molar-refractivity contribution in [3.63, 3.8) is 0 Å². The highest BCUT2D eigenvalue weighted by atomic mass is 16.5. The van der Waals surface area contributed by atoms with Gasteiger partial charge in [-0.1, -0.05) is 61.2 Å². The number of carboxylic acid groups (broad SMARTS) is 1. The van der Waals surface area contributed by atoms with Crippen LogP contribution in [0, 0.1) is 0 Å². The molecule has 25 heavy (non-hydrogen) atoms. The van der Waals surface area contributed by atoms with E-state index in [4.69, 9.17) is 4.74 Å². The third-order valence-electron chi connectivity index (χ3n) is 3.90. The first kappa shape index (κ1) is 16.7. The first-order valence-electron chi connectivity index (χ1n) is 7.77. The summed E-state index contributed by atoms with van der Waals surface area (Å²) in [5.74, 6) is -0.992. The largest absolute Gasteiger partial charge is 0.478 e. The lowest BCUT2D eigenvalue weighted by Crippen LogP contribution is -2.04. The maximum absolute atomic E-state index is 11.6. The molecule has 5 nitrogen and oxygen atoms in total. The highest BCUT2D eigenvalue weighted by Gasteiger charge is 2.21. The van der Waals surface area contributed by atoms with E-state index in [9.17, 15) is 9.90 Å². The Balaban J connectivity index is 2.30. The fraction of sp³-hybridized carbons (Fsp3) is 0.100. The minimum atomic E-state index is -0.992. The molecule has 126 valence electrons. The Morgan fingerprint density at radius 3 is 2.52 bits per heavy atom. The Kier molecular flexibility index (Phi) is 4.77. The molecule has 0 unspecified atom stereocenters. The molecule has 0 saturated heterocycles. The average molecular weight is 334 g/mol. The zero-order chi connectivity index (χ0) is 17.8. The van der Waals surface area contributed by atoms with Gasteiger partial charge in [-0.05, 0) is 6.07 Å². The van der Waals surface area contributed by atoms with Gasteiger partial charge >= 0.3 is 5.97 Å². The van der Waals surface area contributed by atoms with Gasteiger partial charge in [0.1, 0.15) is 12.4 Å². The van der Waals surface area contributed by atoms with Crippen LogP contribution in [0.1, 0.15) is 15.9 Å². The van der Waals surface area contributed by atoms with Gasteiger partial charge in [-0.25, -0.2) is 9.48 Å². The van der Waals surface area contributed by atoms with Gasteiger partial charge < -0.3 is 9.84 Å². The number of hydrogen-bond acceptors (Lipinski definition) is 3. The number of hydrogen-bond donors (Lipinski definition) is 1. The number of methoxy groups -OCH3 is 1. The summed E-state index contributed by atoms with van der Waals surface area (Å²) in [7, 11) is 1.59. The molecule has 0 aliphatic rings. The number of nitrogens with zero attached hydrogens (tertiary/aromatic N) is 2. The Labute approximate surface area is 145 Å².